The van der Waals surface area contributed by atoms with Crippen LogP contribution in [0.25, 0.3) is 0 Å². The van der Waals surface area contributed by atoms with Crippen LogP contribution in [0.15, 0.2) is 12.3 Å². The number of nitrogens with one attached hydrogen (secondary N) is 1. The van der Waals surface area contributed by atoms with Crippen molar-refractivity contribution in [3.8, 4) is 6.07 Å². The van der Waals surface area contributed by atoms with Crippen LogP contribution < -0.4 is 11.1 Å². The molecular formula is C10H14N4O2S. The number of anilines is 2. The van der Waals surface area contributed by atoms with Crippen molar-refractivity contribution in [2.24, 2.45) is 0 Å². The Kier molecular flexibility index (Phi) is 4.29. The number of nitrogens with zero attached hydrogens (tertiary/aromatic N) is 2. The van der Waals surface area contributed by atoms with Crippen molar-refractivity contribution in [1.82, 2.24) is 4.98 Å². The second kappa shape index (κ2) is 5.50. The van der Waals surface area contributed by atoms with Crippen LogP contribution in [0.2, 0.25) is 0 Å². The third-order valence-electron chi connectivity index (χ3n) is 2.26. The van der Waals surface area contributed by atoms with Crippen LogP contribution in [0.3, 0.4) is 0 Å². The van der Waals surface area contributed by atoms with Crippen LogP contribution in [-0.2, 0) is 9.84 Å². The predicted octanol–water partition coefficient (Wildman–Crippen LogP) is 0.382. The minimum absolute atomic E-state index is 0.0153. The standard InChI is InChI=1S/C10H14N4O2S/c1-2-17(15,16)6-5-14-10-9(12)8(7-11)3-4-13-10/h3-4H,2,5-6,12H2,1H3,(H,13,14). The summed E-state index contributed by atoms with van der Waals surface area (Å²) in [6, 6.07) is 3.43. The Balaban J connectivity index is 2.69. The zero-order chi connectivity index (χ0) is 12.9. The molecule has 0 saturated heterocycles. The van der Waals surface area contributed by atoms with Gasteiger partial charge in [0.2, 0.25) is 0 Å². The highest BCUT2D eigenvalue weighted by Crippen LogP contribution is 2.18. The molecule has 0 aliphatic rings. The van der Waals surface area contributed by atoms with Gasteiger partial charge in [-0.1, -0.05) is 6.92 Å². The fraction of sp³-hybridized carbons (Fsp3) is 0.400. The summed E-state index contributed by atoms with van der Waals surface area (Å²) in [6.07, 6.45) is 1.45. The van der Waals surface area contributed by atoms with E-state index in [-0.39, 0.29) is 23.7 Å². The van der Waals surface area contributed by atoms with E-state index in [4.69, 9.17) is 11.0 Å². The monoisotopic (exact) mass is 254 g/mol. The summed E-state index contributed by atoms with van der Waals surface area (Å²) < 4.78 is 22.5. The normalized spacial score (nSPS) is 10.8. The lowest BCUT2D eigenvalue weighted by Gasteiger charge is -2.08. The first-order chi connectivity index (χ1) is 8.00. The molecule has 6 nitrogen and oxygen atoms in total. The van der Waals surface area contributed by atoms with Crippen LogP contribution in [0.5, 0.6) is 0 Å². The molecule has 17 heavy (non-hydrogen) atoms. The average Bonchev–Trinajstić information content (AvgIpc) is 2.31. The molecule has 1 heterocycles. The average molecular weight is 254 g/mol. The van der Waals surface area contributed by atoms with Gasteiger partial charge in [0.1, 0.15) is 6.07 Å². The van der Waals surface area contributed by atoms with E-state index in [1.807, 2.05) is 6.07 Å². The lowest BCUT2D eigenvalue weighted by atomic mass is 10.2. The molecule has 3 N–H and O–H groups in total. The molecule has 0 bridgehead atoms. The SMILES string of the molecule is CCS(=O)(=O)CCNc1nccc(C#N)c1N. The van der Waals surface area contributed by atoms with Gasteiger partial charge in [0.25, 0.3) is 0 Å². The largest absolute Gasteiger partial charge is 0.395 e. The van der Waals surface area contributed by atoms with Gasteiger partial charge in [-0.2, -0.15) is 5.26 Å². The minimum Gasteiger partial charge on any atom is -0.395 e. The Hall–Kier alpha value is -1.81. The second-order valence-corrected chi connectivity index (χ2v) is 5.87. The Labute approximate surface area is 100 Å². The van der Waals surface area contributed by atoms with E-state index in [9.17, 15) is 8.42 Å². The molecule has 7 heteroatoms. The summed E-state index contributed by atoms with van der Waals surface area (Å²) in [4.78, 5) is 3.95. The Bertz CT molecular complexity index is 534. The van der Waals surface area contributed by atoms with Crippen molar-refractivity contribution >= 4 is 21.3 Å². The van der Waals surface area contributed by atoms with Crippen LogP contribution in [0.4, 0.5) is 11.5 Å². The number of aromatic nitrogens is 1. The first-order valence-electron chi connectivity index (χ1n) is 5.09. The highest BCUT2D eigenvalue weighted by atomic mass is 32.2. The first kappa shape index (κ1) is 13.3. The van der Waals surface area contributed by atoms with Crippen LogP contribution in [0.1, 0.15) is 12.5 Å². The van der Waals surface area contributed by atoms with Crippen molar-refractivity contribution in [2.45, 2.75) is 6.92 Å². The molecule has 1 aromatic heterocycles. The predicted molar refractivity (Wildman–Crippen MR) is 66.2 cm³/mol. The number of hydrogen-bond donors (Lipinski definition) is 2. The zero-order valence-corrected chi connectivity index (χ0v) is 10.3. The Morgan fingerprint density at radius 2 is 2.29 bits per heavy atom. The molecule has 0 aliphatic carbocycles. The molecule has 0 radical (unpaired) electrons. The molecule has 0 aromatic carbocycles. The molecule has 0 unspecified atom stereocenters. The van der Waals surface area contributed by atoms with Crippen molar-refractivity contribution in [1.29, 1.82) is 5.26 Å². The van der Waals surface area contributed by atoms with Gasteiger partial charge in [-0.25, -0.2) is 13.4 Å². The molecule has 0 saturated carbocycles. The molecule has 1 aromatic rings. The minimum atomic E-state index is -3.01. The number of pyridine rings is 1. The van der Waals surface area contributed by atoms with Gasteiger partial charge in [-0.15, -0.1) is 0 Å². The highest BCUT2D eigenvalue weighted by Gasteiger charge is 2.09. The third kappa shape index (κ3) is 3.60. The van der Waals surface area contributed by atoms with Crippen molar-refractivity contribution in [2.75, 3.05) is 29.1 Å². The number of sulfone groups is 1. The molecule has 0 fully saturated rings. The maximum Gasteiger partial charge on any atom is 0.151 e. The lowest BCUT2D eigenvalue weighted by molar-refractivity contribution is 0.597. The van der Waals surface area contributed by atoms with E-state index >= 15 is 0 Å². The van der Waals surface area contributed by atoms with E-state index in [1.165, 1.54) is 12.3 Å². The maximum atomic E-state index is 11.3. The van der Waals surface area contributed by atoms with E-state index < -0.39 is 9.84 Å². The fourth-order valence-corrected chi connectivity index (χ4v) is 1.88. The number of nitriles is 1. The molecule has 0 atom stereocenters. The van der Waals surface area contributed by atoms with Crippen molar-refractivity contribution in [3.63, 3.8) is 0 Å². The summed E-state index contributed by atoms with van der Waals surface area (Å²) in [6.45, 7) is 1.82. The number of nitrogen functional groups attached to an aromatic ring is 1. The molecular weight excluding hydrogens is 240 g/mol. The zero-order valence-electron chi connectivity index (χ0n) is 9.47. The molecule has 0 aliphatic heterocycles. The van der Waals surface area contributed by atoms with E-state index in [2.05, 4.69) is 10.3 Å². The van der Waals surface area contributed by atoms with Gasteiger partial charge in [-0.3, -0.25) is 0 Å². The van der Waals surface area contributed by atoms with Crippen LogP contribution in [0, 0.1) is 11.3 Å². The van der Waals surface area contributed by atoms with Gasteiger partial charge >= 0.3 is 0 Å². The van der Waals surface area contributed by atoms with Gasteiger partial charge in [-0.05, 0) is 6.07 Å². The van der Waals surface area contributed by atoms with E-state index in [1.54, 1.807) is 6.92 Å². The van der Waals surface area contributed by atoms with Gasteiger partial charge in [0.05, 0.1) is 17.0 Å². The topological polar surface area (TPSA) is 109 Å². The maximum absolute atomic E-state index is 11.3. The van der Waals surface area contributed by atoms with Crippen molar-refractivity contribution in [3.05, 3.63) is 17.8 Å². The summed E-state index contributed by atoms with van der Waals surface area (Å²) in [5, 5.41) is 11.6. The van der Waals surface area contributed by atoms with E-state index in [0.29, 0.717) is 11.4 Å². The molecule has 92 valence electrons. The molecule has 0 spiro atoms. The van der Waals surface area contributed by atoms with Crippen molar-refractivity contribution < 1.29 is 8.42 Å². The summed E-state index contributed by atoms with van der Waals surface area (Å²) in [5.74, 6) is 0.465. The summed E-state index contributed by atoms with van der Waals surface area (Å²) in [7, 11) is -3.01. The fourth-order valence-electron chi connectivity index (χ4n) is 1.18. The number of hydrogen-bond acceptors (Lipinski definition) is 6. The van der Waals surface area contributed by atoms with Gasteiger partial charge in [0, 0.05) is 18.5 Å². The van der Waals surface area contributed by atoms with Crippen LogP contribution >= 0.6 is 0 Å². The summed E-state index contributed by atoms with van der Waals surface area (Å²) in [5.41, 5.74) is 6.24. The summed E-state index contributed by atoms with van der Waals surface area (Å²) >= 11 is 0. The highest BCUT2D eigenvalue weighted by molar-refractivity contribution is 7.91. The number of rotatable bonds is 5. The first-order valence-corrected chi connectivity index (χ1v) is 6.91. The quantitative estimate of drug-likeness (QED) is 0.786. The molecule has 0 amide bonds. The smallest absolute Gasteiger partial charge is 0.151 e. The third-order valence-corrected chi connectivity index (χ3v) is 3.96. The van der Waals surface area contributed by atoms with E-state index in [0.717, 1.165) is 0 Å². The Morgan fingerprint density at radius 1 is 1.59 bits per heavy atom. The lowest BCUT2D eigenvalue weighted by Crippen LogP contribution is -2.18. The van der Waals surface area contributed by atoms with Gasteiger partial charge in [0.15, 0.2) is 15.7 Å². The second-order valence-electron chi connectivity index (χ2n) is 3.40. The van der Waals surface area contributed by atoms with Gasteiger partial charge < -0.3 is 11.1 Å². The Morgan fingerprint density at radius 3 is 2.88 bits per heavy atom. The number of nitrogens with two attached hydrogens (primary N) is 1. The molecule has 1 rings (SSSR count). The van der Waals surface area contributed by atoms with Crippen LogP contribution in [-0.4, -0.2) is 31.5 Å².